The van der Waals surface area contributed by atoms with Crippen LogP contribution in [0.3, 0.4) is 0 Å². The summed E-state index contributed by atoms with van der Waals surface area (Å²) in [5, 5.41) is 2.88. The van der Waals surface area contributed by atoms with Gasteiger partial charge in [0.25, 0.3) is 5.91 Å². The van der Waals surface area contributed by atoms with E-state index in [0.717, 1.165) is 17.3 Å². The SMILES string of the molecule is CC(C)Oc1cc(Br)ccc1C(=O)NCCCCN.Cl. The number of nitrogens with one attached hydrogen (secondary N) is 1. The molecule has 114 valence electrons. The van der Waals surface area contributed by atoms with Crippen LogP contribution in [0.15, 0.2) is 22.7 Å². The first-order chi connectivity index (χ1) is 9.04. The summed E-state index contributed by atoms with van der Waals surface area (Å²) in [6, 6.07) is 5.41. The van der Waals surface area contributed by atoms with Gasteiger partial charge in [-0.3, -0.25) is 4.79 Å². The monoisotopic (exact) mass is 364 g/mol. The Morgan fingerprint density at radius 1 is 1.40 bits per heavy atom. The van der Waals surface area contributed by atoms with E-state index in [0.29, 0.717) is 24.4 Å². The van der Waals surface area contributed by atoms with Crippen molar-refractivity contribution in [3.05, 3.63) is 28.2 Å². The lowest BCUT2D eigenvalue weighted by atomic mass is 10.2. The van der Waals surface area contributed by atoms with Gasteiger partial charge in [-0.15, -0.1) is 12.4 Å². The maximum absolute atomic E-state index is 12.1. The Hall–Kier alpha value is -0.780. The quantitative estimate of drug-likeness (QED) is 0.730. The van der Waals surface area contributed by atoms with E-state index < -0.39 is 0 Å². The van der Waals surface area contributed by atoms with Crippen LogP contribution in [0.1, 0.15) is 37.0 Å². The number of carbonyl (C=O) groups is 1. The molecule has 0 aromatic heterocycles. The molecule has 0 unspecified atom stereocenters. The average Bonchev–Trinajstić information content (AvgIpc) is 2.34. The molecule has 0 aliphatic rings. The molecule has 0 atom stereocenters. The molecule has 0 aliphatic carbocycles. The maximum Gasteiger partial charge on any atom is 0.255 e. The molecule has 0 bridgehead atoms. The van der Waals surface area contributed by atoms with Crippen LogP contribution < -0.4 is 15.8 Å². The zero-order chi connectivity index (χ0) is 14.3. The Kier molecular flexibility index (Phi) is 9.63. The molecule has 1 rings (SSSR count). The second kappa shape index (κ2) is 10.0. The van der Waals surface area contributed by atoms with E-state index in [1.807, 2.05) is 26.0 Å². The van der Waals surface area contributed by atoms with Crippen molar-refractivity contribution < 1.29 is 9.53 Å². The molecular formula is C14H22BrClN2O2. The lowest BCUT2D eigenvalue weighted by Crippen LogP contribution is -2.25. The van der Waals surface area contributed by atoms with Crippen molar-refractivity contribution in [2.24, 2.45) is 5.73 Å². The molecule has 0 saturated heterocycles. The lowest BCUT2D eigenvalue weighted by molar-refractivity contribution is 0.0947. The van der Waals surface area contributed by atoms with Crippen molar-refractivity contribution in [3.63, 3.8) is 0 Å². The molecule has 0 saturated carbocycles. The van der Waals surface area contributed by atoms with Crippen LogP contribution in [0, 0.1) is 0 Å². The van der Waals surface area contributed by atoms with Crippen LogP contribution in [-0.4, -0.2) is 25.1 Å². The first-order valence-corrected chi connectivity index (χ1v) is 7.28. The van der Waals surface area contributed by atoms with E-state index in [1.54, 1.807) is 6.07 Å². The minimum atomic E-state index is -0.111. The van der Waals surface area contributed by atoms with E-state index in [2.05, 4.69) is 21.2 Å². The Balaban J connectivity index is 0.00000361. The van der Waals surface area contributed by atoms with Gasteiger partial charge >= 0.3 is 0 Å². The first kappa shape index (κ1) is 19.2. The predicted octanol–water partition coefficient (Wildman–Crippen LogP) is 3.13. The van der Waals surface area contributed by atoms with Crippen LogP contribution >= 0.6 is 28.3 Å². The van der Waals surface area contributed by atoms with Gasteiger partial charge in [-0.25, -0.2) is 0 Å². The number of hydrogen-bond donors (Lipinski definition) is 2. The molecule has 4 nitrogen and oxygen atoms in total. The summed E-state index contributed by atoms with van der Waals surface area (Å²) in [7, 11) is 0. The van der Waals surface area contributed by atoms with Gasteiger partial charge in [-0.2, -0.15) is 0 Å². The van der Waals surface area contributed by atoms with Crippen LogP contribution in [0.2, 0.25) is 0 Å². The van der Waals surface area contributed by atoms with Crippen LogP contribution in [-0.2, 0) is 0 Å². The number of benzene rings is 1. The molecule has 6 heteroatoms. The van der Waals surface area contributed by atoms with Gasteiger partial charge in [0.2, 0.25) is 0 Å². The molecule has 0 aliphatic heterocycles. The summed E-state index contributed by atoms with van der Waals surface area (Å²) in [5.74, 6) is 0.487. The van der Waals surface area contributed by atoms with Gasteiger partial charge in [0.1, 0.15) is 5.75 Å². The Labute approximate surface area is 135 Å². The molecule has 3 N–H and O–H groups in total. The third-order valence-corrected chi connectivity index (χ3v) is 2.96. The van der Waals surface area contributed by atoms with Gasteiger partial charge in [-0.1, -0.05) is 15.9 Å². The fraction of sp³-hybridized carbons (Fsp3) is 0.500. The second-order valence-corrected chi connectivity index (χ2v) is 5.47. The summed E-state index contributed by atoms with van der Waals surface area (Å²) in [4.78, 5) is 12.1. The number of hydrogen-bond acceptors (Lipinski definition) is 3. The molecule has 0 spiro atoms. The van der Waals surface area contributed by atoms with Crippen molar-refractivity contribution >= 4 is 34.2 Å². The normalized spacial score (nSPS) is 10.1. The highest BCUT2D eigenvalue weighted by atomic mass is 79.9. The summed E-state index contributed by atoms with van der Waals surface area (Å²) >= 11 is 3.38. The third-order valence-electron chi connectivity index (χ3n) is 2.47. The fourth-order valence-electron chi connectivity index (χ4n) is 1.60. The minimum absolute atomic E-state index is 0. The Morgan fingerprint density at radius 3 is 2.70 bits per heavy atom. The summed E-state index contributed by atoms with van der Waals surface area (Å²) in [5.41, 5.74) is 5.97. The number of nitrogens with two attached hydrogens (primary N) is 1. The summed E-state index contributed by atoms with van der Waals surface area (Å²) < 4.78 is 6.56. The number of rotatable bonds is 7. The molecular weight excluding hydrogens is 344 g/mol. The highest BCUT2D eigenvalue weighted by molar-refractivity contribution is 9.10. The van der Waals surface area contributed by atoms with Crippen molar-refractivity contribution in [2.45, 2.75) is 32.8 Å². The lowest BCUT2D eigenvalue weighted by Gasteiger charge is -2.14. The zero-order valence-electron chi connectivity index (χ0n) is 11.8. The molecule has 1 amide bonds. The standard InChI is InChI=1S/C14H21BrN2O2.ClH/c1-10(2)19-13-9-11(15)5-6-12(13)14(18)17-8-4-3-7-16;/h5-6,9-10H,3-4,7-8,16H2,1-2H3,(H,17,18);1H. The minimum Gasteiger partial charge on any atom is -0.490 e. The number of ether oxygens (including phenoxy) is 1. The van der Waals surface area contributed by atoms with Gasteiger partial charge in [0.15, 0.2) is 0 Å². The first-order valence-electron chi connectivity index (χ1n) is 6.49. The average molecular weight is 366 g/mol. The van der Waals surface area contributed by atoms with Gasteiger partial charge < -0.3 is 15.8 Å². The predicted molar refractivity (Wildman–Crippen MR) is 87.8 cm³/mol. The van der Waals surface area contributed by atoms with Gasteiger partial charge in [-0.05, 0) is 51.4 Å². The van der Waals surface area contributed by atoms with E-state index in [9.17, 15) is 4.79 Å². The van der Waals surface area contributed by atoms with Crippen molar-refractivity contribution in [1.82, 2.24) is 5.32 Å². The van der Waals surface area contributed by atoms with Crippen LogP contribution in [0.5, 0.6) is 5.75 Å². The molecule has 0 radical (unpaired) electrons. The smallest absolute Gasteiger partial charge is 0.255 e. The fourth-order valence-corrected chi connectivity index (χ4v) is 1.94. The zero-order valence-corrected chi connectivity index (χ0v) is 14.2. The van der Waals surface area contributed by atoms with Crippen molar-refractivity contribution in [2.75, 3.05) is 13.1 Å². The topological polar surface area (TPSA) is 64.3 Å². The number of unbranched alkanes of at least 4 members (excludes halogenated alkanes) is 1. The third kappa shape index (κ3) is 6.59. The van der Waals surface area contributed by atoms with Crippen LogP contribution in [0.4, 0.5) is 0 Å². The molecule has 1 aromatic carbocycles. The highest BCUT2D eigenvalue weighted by Crippen LogP contribution is 2.24. The van der Waals surface area contributed by atoms with E-state index in [4.69, 9.17) is 10.5 Å². The largest absolute Gasteiger partial charge is 0.490 e. The Bertz CT molecular complexity index is 428. The van der Waals surface area contributed by atoms with E-state index in [-0.39, 0.29) is 24.4 Å². The van der Waals surface area contributed by atoms with Gasteiger partial charge in [0.05, 0.1) is 11.7 Å². The number of halogens is 2. The molecule has 0 fully saturated rings. The van der Waals surface area contributed by atoms with E-state index >= 15 is 0 Å². The molecule has 1 aromatic rings. The van der Waals surface area contributed by atoms with Crippen molar-refractivity contribution in [3.8, 4) is 5.75 Å². The van der Waals surface area contributed by atoms with Crippen LogP contribution in [0.25, 0.3) is 0 Å². The summed E-state index contributed by atoms with van der Waals surface area (Å²) in [6.07, 6.45) is 1.83. The molecule has 20 heavy (non-hydrogen) atoms. The number of carbonyl (C=O) groups excluding carboxylic acids is 1. The van der Waals surface area contributed by atoms with Crippen molar-refractivity contribution in [1.29, 1.82) is 0 Å². The second-order valence-electron chi connectivity index (χ2n) is 4.56. The number of amides is 1. The van der Waals surface area contributed by atoms with Gasteiger partial charge in [0, 0.05) is 11.0 Å². The highest BCUT2D eigenvalue weighted by Gasteiger charge is 2.13. The van der Waals surface area contributed by atoms with E-state index in [1.165, 1.54) is 0 Å². The maximum atomic E-state index is 12.1. The summed E-state index contributed by atoms with van der Waals surface area (Å²) in [6.45, 7) is 5.15. The molecule has 0 heterocycles. The Morgan fingerprint density at radius 2 is 2.10 bits per heavy atom.